The maximum Gasteiger partial charge on any atom is 0.244 e. The van der Waals surface area contributed by atoms with E-state index < -0.39 is 10.0 Å². The van der Waals surface area contributed by atoms with Gasteiger partial charge in [-0.15, -0.1) is 22.9 Å². The van der Waals surface area contributed by atoms with Crippen molar-refractivity contribution < 1.29 is 13.2 Å². The molecule has 1 rings (SSSR count). The summed E-state index contributed by atoms with van der Waals surface area (Å²) in [6, 6.07) is -0.220. The van der Waals surface area contributed by atoms with Crippen molar-refractivity contribution in [3.05, 3.63) is 15.8 Å². The van der Waals surface area contributed by atoms with Gasteiger partial charge in [0.05, 0.1) is 12.5 Å². The van der Waals surface area contributed by atoms with Crippen molar-refractivity contribution >= 4 is 33.0 Å². The summed E-state index contributed by atoms with van der Waals surface area (Å²) in [7, 11) is -0.395. The lowest BCUT2D eigenvalue weighted by atomic mass is 10.3. The van der Waals surface area contributed by atoms with E-state index in [-0.39, 0.29) is 11.9 Å². The van der Waals surface area contributed by atoms with Crippen LogP contribution in [0.25, 0.3) is 0 Å². The number of hydrogen-bond donors (Lipinski definition) is 0. The molecule has 0 aliphatic rings. The van der Waals surface area contributed by atoms with E-state index in [0.717, 1.165) is 5.56 Å². The van der Waals surface area contributed by atoms with E-state index in [1.165, 1.54) is 15.6 Å². The molecule has 4 nitrogen and oxygen atoms in total. The lowest BCUT2D eigenvalue weighted by Gasteiger charge is -2.24. The molecule has 0 amide bonds. The lowest BCUT2D eigenvalue weighted by Crippen LogP contribution is -2.38. The average Bonchev–Trinajstić information content (AvgIpc) is 2.70. The van der Waals surface area contributed by atoms with Gasteiger partial charge in [-0.25, -0.2) is 8.42 Å². The Bertz CT molecular complexity index is 498. The summed E-state index contributed by atoms with van der Waals surface area (Å²) in [5.74, 6) is 0.208. The van der Waals surface area contributed by atoms with Crippen LogP contribution in [0.2, 0.25) is 0 Å². The second kappa shape index (κ2) is 6.34. The summed E-state index contributed by atoms with van der Waals surface area (Å²) in [5, 5.41) is 1.82. The zero-order valence-corrected chi connectivity index (χ0v) is 13.3. The van der Waals surface area contributed by atoms with Crippen molar-refractivity contribution in [1.82, 2.24) is 4.31 Å². The molecule has 0 saturated carbocycles. The van der Waals surface area contributed by atoms with Gasteiger partial charge in [0.2, 0.25) is 10.0 Å². The Balaban J connectivity index is 3.17. The van der Waals surface area contributed by atoms with Gasteiger partial charge in [0, 0.05) is 25.1 Å². The maximum absolute atomic E-state index is 12.5. The van der Waals surface area contributed by atoms with Gasteiger partial charge in [-0.1, -0.05) is 0 Å². The van der Waals surface area contributed by atoms with E-state index in [9.17, 15) is 8.42 Å². The number of alkyl halides is 1. The van der Waals surface area contributed by atoms with Crippen LogP contribution in [0.5, 0.6) is 0 Å². The van der Waals surface area contributed by atoms with E-state index >= 15 is 0 Å². The number of sulfonamides is 1. The zero-order chi connectivity index (χ0) is 13.9. The summed E-state index contributed by atoms with van der Waals surface area (Å²) in [6.07, 6.45) is 0. The van der Waals surface area contributed by atoms with Crippen molar-refractivity contribution in [1.29, 1.82) is 0 Å². The largest absolute Gasteiger partial charge is 0.383 e. The van der Waals surface area contributed by atoms with E-state index in [2.05, 4.69) is 0 Å². The van der Waals surface area contributed by atoms with Crippen LogP contribution in [-0.4, -0.2) is 39.5 Å². The summed E-state index contributed by atoms with van der Waals surface area (Å²) < 4.78 is 31.4. The topological polar surface area (TPSA) is 46.6 Å². The summed E-state index contributed by atoms with van der Waals surface area (Å²) in [6.45, 7) is 3.95. The van der Waals surface area contributed by atoms with Gasteiger partial charge in [-0.3, -0.25) is 0 Å². The number of ether oxygens (including phenoxy) is 1. The Labute approximate surface area is 118 Å². The second-order valence-corrected chi connectivity index (χ2v) is 7.30. The third kappa shape index (κ3) is 3.05. The molecular formula is C11H18ClNO3S2. The van der Waals surface area contributed by atoms with Crippen LogP contribution in [0.3, 0.4) is 0 Å². The van der Waals surface area contributed by atoms with Crippen molar-refractivity contribution in [2.75, 3.05) is 20.8 Å². The Morgan fingerprint density at radius 3 is 2.67 bits per heavy atom. The highest BCUT2D eigenvalue weighted by Gasteiger charge is 2.30. The Morgan fingerprint density at radius 1 is 1.56 bits per heavy atom. The minimum absolute atomic E-state index is 0.208. The second-order valence-electron chi connectivity index (χ2n) is 4.13. The smallest absolute Gasteiger partial charge is 0.244 e. The van der Waals surface area contributed by atoms with Gasteiger partial charge < -0.3 is 4.74 Å². The SMILES string of the molecule is COCC(C)N(C)S(=O)(=O)c1c(C)csc1CCl. The van der Waals surface area contributed by atoms with E-state index in [0.29, 0.717) is 16.4 Å². The molecule has 0 N–H and O–H groups in total. The lowest BCUT2D eigenvalue weighted by molar-refractivity contribution is 0.149. The fourth-order valence-corrected chi connectivity index (χ4v) is 5.01. The van der Waals surface area contributed by atoms with Crippen LogP contribution in [0.15, 0.2) is 10.3 Å². The van der Waals surface area contributed by atoms with Crippen LogP contribution in [0.1, 0.15) is 17.4 Å². The molecule has 1 atom stereocenters. The summed E-state index contributed by atoms with van der Waals surface area (Å²) >= 11 is 7.18. The molecule has 1 unspecified atom stereocenters. The van der Waals surface area contributed by atoms with E-state index in [1.54, 1.807) is 21.1 Å². The molecular weight excluding hydrogens is 294 g/mol. The first-order valence-corrected chi connectivity index (χ1v) is 8.31. The quantitative estimate of drug-likeness (QED) is 0.758. The number of hydrogen-bond acceptors (Lipinski definition) is 4. The first-order valence-electron chi connectivity index (χ1n) is 5.46. The minimum Gasteiger partial charge on any atom is -0.383 e. The predicted molar refractivity (Wildman–Crippen MR) is 74.9 cm³/mol. The minimum atomic E-state index is -3.51. The Kier molecular flexibility index (Phi) is 5.61. The van der Waals surface area contributed by atoms with E-state index in [1.807, 2.05) is 12.3 Å². The van der Waals surface area contributed by atoms with Crippen molar-refractivity contribution in [3.63, 3.8) is 0 Å². The normalized spacial score (nSPS) is 14.1. The Hall–Kier alpha value is -0.140. The monoisotopic (exact) mass is 311 g/mol. The van der Waals surface area contributed by atoms with Gasteiger partial charge in [-0.05, 0) is 24.8 Å². The first kappa shape index (κ1) is 15.9. The average molecular weight is 312 g/mol. The standard InChI is InChI=1S/C11H18ClNO3S2/c1-8-7-17-10(5-12)11(8)18(14,15)13(3)9(2)6-16-4/h7,9H,5-6H2,1-4H3. The van der Waals surface area contributed by atoms with Crippen LogP contribution in [0, 0.1) is 6.92 Å². The fourth-order valence-electron chi connectivity index (χ4n) is 1.65. The molecule has 1 heterocycles. The highest BCUT2D eigenvalue weighted by atomic mass is 35.5. The Morgan fingerprint density at radius 2 is 2.17 bits per heavy atom. The number of methoxy groups -OCH3 is 1. The molecule has 1 aromatic heterocycles. The molecule has 0 saturated heterocycles. The van der Waals surface area contributed by atoms with Crippen LogP contribution < -0.4 is 0 Å². The van der Waals surface area contributed by atoms with Crippen molar-refractivity contribution in [2.24, 2.45) is 0 Å². The fraction of sp³-hybridized carbons (Fsp3) is 0.636. The summed E-state index contributed by atoms with van der Waals surface area (Å²) in [5.41, 5.74) is 0.743. The molecule has 0 radical (unpaired) electrons. The zero-order valence-electron chi connectivity index (χ0n) is 10.9. The molecule has 7 heteroatoms. The maximum atomic E-state index is 12.5. The van der Waals surface area contributed by atoms with Crippen molar-refractivity contribution in [2.45, 2.75) is 30.7 Å². The van der Waals surface area contributed by atoms with Gasteiger partial charge in [-0.2, -0.15) is 4.31 Å². The third-order valence-electron chi connectivity index (χ3n) is 2.78. The molecule has 0 fully saturated rings. The molecule has 1 aromatic rings. The molecule has 0 bridgehead atoms. The molecule has 18 heavy (non-hydrogen) atoms. The van der Waals surface area contributed by atoms with Crippen LogP contribution in [-0.2, 0) is 20.6 Å². The molecule has 104 valence electrons. The van der Waals surface area contributed by atoms with Gasteiger partial charge in [0.15, 0.2) is 0 Å². The molecule has 0 spiro atoms. The highest BCUT2D eigenvalue weighted by Crippen LogP contribution is 2.30. The van der Waals surface area contributed by atoms with Gasteiger partial charge in [0.25, 0.3) is 0 Å². The van der Waals surface area contributed by atoms with E-state index in [4.69, 9.17) is 16.3 Å². The number of thiophene rings is 1. The van der Waals surface area contributed by atoms with Crippen molar-refractivity contribution in [3.8, 4) is 0 Å². The number of likely N-dealkylation sites (N-methyl/N-ethyl adjacent to an activating group) is 1. The number of halogens is 1. The first-order chi connectivity index (χ1) is 8.36. The van der Waals surface area contributed by atoms with Gasteiger partial charge in [0.1, 0.15) is 4.90 Å². The molecule has 0 aliphatic heterocycles. The van der Waals surface area contributed by atoms with Gasteiger partial charge >= 0.3 is 0 Å². The summed E-state index contributed by atoms with van der Waals surface area (Å²) in [4.78, 5) is 1.03. The van der Waals surface area contributed by atoms with Crippen LogP contribution >= 0.6 is 22.9 Å². The highest BCUT2D eigenvalue weighted by molar-refractivity contribution is 7.89. The molecule has 0 aliphatic carbocycles. The number of aryl methyl sites for hydroxylation is 1. The third-order valence-corrected chi connectivity index (χ3v) is 6.64. The van der Waals surface area contributed by atoms with Crippen LogP contribution in [0.4, 0.5) is 0 Å². The predicted octanol–water partition coefficient (Wildman–Crippen LogP) is 2.45. The number of rotatable bonds is 6. The molecule has 0 aromatic carbocycles. The number of nitrogens with zero attached hydrogens (tertiary/aromatic N) is 1.